The molecule has 0 bridgehead atoms. The number of amides is 2. The summed E-state index contributed by atoms with van der Waals surface area (Å²) in [4.78, 5) is 22.4. The van der Waals surface area contributed by atoms with Gasteiger partial charge in [-0.05, 0) is 52.9 Å². The van der Waals surface area contributed by atoms with Crippen molar-refractivity contribution in [1.82, 2.24) is 20.2 Å². The van der Waals surface area contributed by atoms with Crippen molar-refractivity contribution in [2.24, 2.45) is 0 Å². The SMILES string of the molecule is O=C(NCc1ncccn1)N1CCc2ccc(-c3ccc(C(F)(F)F)cc3)cc2C1. The number of aromatic nitrogens is 2. The highest BCUT2D eigenvalue weighted by molar-refractivity contribution is 5.75. The second kappa shape index (κ2) is 8.14. The van der Waals surface area contributed by atoms with Crippen molar-refractivity contribution in [2.45, 2.75) is 25.7 Å². The minimum atomic E-state index is -4.35. The minimum Gasteiger partial charge on any atom is -0.331 e. The molecule has 8 heteroatoms. The quantitative estimate of drug-likeness (QED) is 0.692. The van der Waals surface area contributed by atoms with Crippen molar-refractivity contribution in [3.8, 4) is 11.1 Å². The first-order chi connectivity index (χ1) is 14.4. The number of carbonyl (C=O) groups is 1. The van der Waals surface area contributed by atoms with Gasteiger partial charge in [0.05, 0.1) is 12.1 Å². The van der Waals surface area contributed by atoms with E-state index < -0.39 is 11.7 Å². The zero-order valence-corrected chi connectivity index (χ0v) is 16.0. The Morgan fingerprint density at radius 2 is 1.70 bits per heavy atom. The number of alkyl halides is 3. The van der Waals surface area contributed by atoms with E-state index in [-0.39, 0.29) is 12.6 Å². The number of benzene rings is 2. The number of fused-ring (bicyclic) bond motifs is 1. The van der Waals surface area contributed by atoms with Crippen LogP contribution in [0.2, 0.25) is 0 Å². The maximum atomic E-state index is 12.8. The zero-order chi connectivity index (χ0) is 21.1. The van der Waals surface area contributed by atoms with Gasteiger partial charge in [0.25, 0.3) is 0 Å². The van der Waals surface area contributed by atoms with E-state index in [1.807, 2.05) is 18.2 Å². The lowest BCUT2D eigenvalue weighted by Crippen LogP contribution is -2.42. The van der Waals surface area contributed by atoms with Crippen LogP contribution >= 0.6 is 0 Å². The monoisotopic (exact) mass is 412 g/mol. The Labute approximate surface area is 171 Å². The van der Waals surface area contributed by atoms with Crippen LogP contribution in [-0.4, -0.2) is 27.4 Å². The molecule has 1 N–H and O–H groups in total. The van der Waals surface area contributed by atoms with Crippen LogP contribution in [0.25, 0.3) is 11.1 Å². The molecule has 0 fully saturated rings. The predicted molar refractivity (Wildman–Crippen MR) is 105 cm³/mol. The molecule has 0 radical (unpaired) electrons. The molecule has 30 heavy (non-hydrogen) atoms. The average Bonchev–Trinajstić information content (AvgIpc) is 2.77. The number of nitrogens with one attached hydrogen (secondary N) is 1. The highest BCUT2D eigenvalue weighted by Gasteiger charge is 2.30. The van der Waals surface area contributed by atoms with Gasteiger partial charge in [-0.3, -0.25) is 0 Å². The fraction of sp³-hybridized carbons (Fsp3) is 0.227. The molecule has 0 saturated carbocycles. The number of hydrogen-bond donors (Lipinski definition) is 1. The van der Waals surface area contributed by atoms with Crippen molar-refractivity contribution >= 4 is 6.03 Å². The molecular weight excluding hydrogens is 393 g/mol. The van der Waals surface area contributed by atoms with E-state index in [9.17, 15) is 18.0 Å². The molecule has 0 aliphatic carbocycles. The lowest BCUT2D eigenvalue weighted by atomic mass is 9.94. The van der Waals surface area contributed by atoms with E-state index in [0.29, 0.717) is 24.5 Å². The van der Waals surface area contributed by atoms with Gasteiger partial charge in [0.1, 0.15) is 5.82 Å². The maximum Gasteiger partial charge on any atom is 0.416 e. The number of halogens is 3. The van der Waals surface area contributed by atoms with E-state index in [1.165, 1.54) is 12.1 Å². The number of nitrogens with zero attached hydrogens (tertiary/aromatic N) is 3. The van der Waals surface area contributed by atoms with Crippen molar-refractivity contribution in [1.29, 1.82) is 0 Å². The zero-order valence-electron chi connectivity index (χ0n) is 16.0. The molecule has 0 spiro atoms. The Bertz CT molecular complexity index is 1040. The second-order valence-corrected chi connectivity index (χ2v) is 7.05. The van der Waals surface area contributed by atoms with Gasteiger partial charge in [0, 0.05) is 25.5 Å². The highest BCUT2D eigenvalue weighted by atomic mass is 19.4. The summed E-state index contributed by atoms with van der Waals surface area (Å²) in [7, 11) is 0. The van der Waals surface area contributed by atoms with Crippen LogP contribution in [0.4, 0.5) is 18.0 Å². The first-order valence-electron chi connectivity index (χ1n) is 9.48. The molecule has 3 aromatic rings. The summed E-state index contributed by atoms with van der Waals surface area (Å²) in [6, 6.07) is 12.4. The molecule has 2 amide bonds. The molecule has 1 aliphatic heterocycles. The van der Waals surface area contributed by atoms with Crippen LogP contribution in [0.15, 0.2) is 60.9 Å². The van der Waals surface area contributed by atoms with Crippen molar-refractivity contribution in [2.75, 3.05) is 6.54 Å². The fourth-order valence-electron chi connectivity index (χ4n) is 3.45. The molecule has 2 aromatic carbocycles. The van der Waals surface area contributed by atoms with Crippen LogP contribution in [-0.2, 0) is 25.7 Å². The smallest absolute Gasteiger partial charge is 0.331 e. The first kappa shape index (κ1) is 19.9. The second-order valence-electron chi connectivity index (χ2n) is 7.05. The Morgan fingerprint density at radius 3 is 2.40 bits per heavy atom. The van der Waals surface area contributed by atoms with Gasteiger partial charge in [-0.15, -0.1) is 0 Å². The largest absolute Gasteiger partial charge is 0.416 e. The van der Waals surface area contributed by atoms with Crippen LogP contribution < -0.4 is 5.32 Å². The summed E-state index contributed by atoms with van der Waals surface area (Å²) in [5.74, 6) is 0.535. The first-order valence-corrected chi connectivity index (χ1v) is 9.48. The van der Waals surface area contributed by atoms with Gasteiger partial charge in [0.2, 0.25) is 0 Å². The summed E-state index contributed by atoms with van der Waals surface area (Å²) in [6.45, 7) is 1.27. The van der Waals surface area contributed by atoms with E-state index >= 15 is 0 Å². The number of rotatable bonds is 3. The third-order valence-corrected chi connectivity index (χ3v) is 5.07. The molecule has 0 atom stereocenters. The van der Waals surface area contributed by atoms with E-state index in [4.69, 9.17) is 0 Å². The van der Waals surface area contributed by atoms with Gasteiger partial charge >= 0.3 is 12.2 Å². The lowest BCUT2D eigenvalue weighted by Gasteiger charge is -2.29. The molecular formula is C22H19F3N4O. The van der Waals surface area contributed by atoms with Crippen LogP contribution in [0.5, 0.6) is 0 Å². The van der Waals surface area contributed by atoms with Crippen LogP contribution in [0.1, 0.15) is 22.5 Å². The Balaban J connectivity index is 1.46. The molecule has 0 unspecified atom stereocenters. The van der Waals surface area contributed by atoms with Crippen LogP contribution in [0.3, 0.4) is 0 Å². The van der Waals surface area contributed by atoms with Gasteiger partial charge < -0.3 is 10.2 Å². The van der Waals surface area contributed by atoms with E-state index in [1.54, 1.807) is 23.4 Å². The summed E-state index contributed by atoms with van der Waals surface area (Å²) in [6.07, 6.45) is -0.395. The van der Waals surface area contributed by atoms with Crippen molar-refractivity contribution in [3.05, 3.63) is 83.4 Å². The Kier molecular flexibility index (Phi) is 5.39. The fourth-order valence-corrected chi connectivity index (χ4v) is 3.45. The normalized spacial score (nSPS) is 13.6. The molecule has 1 aliphatic rings. The van der Waals surface area contributed by atoms with Gasteiger partial charge in [0.15, 0.2) is 0 Å². The predicted octanol–water partition coefficient (Wildman–Crippen LogP) is 4.43. The minimum absolute atomic E-state index is 0.201. The lowest BCUT2D eigenvalue weighted by molar-refractivity contribution is -0.137. The summed E-state index contributed by atoms with van der Waals surface area (Å²) < 4.78 is 38.4. The van der Waals surface area contributed by atoms with Crippen LogP contribution in [0, 0.1) is 0 Å². The summed E-state index contributed by atoms with van der Waals surface area (Å²) in [5, 5.41) is 2.82. The number of urea groups is 1. The molecule has 154 valence electrons. The molecule has 1 aromatic heterocycles. The van der Waals surface area contributed by atoms with E-state index in [2.05, 4.69) is 15.3 Å². The van der Waals surface area contributed by atoms with Gasteiger partial charge in [-0.25, -0.2) is 14.8 Å². The topological polar surface area (TPSA) is 58.1 Å². The third kappa shape index (κ3) is 4.42. The van der Waals surface area contributed by atoms with Gasteiger partial charge in [-0.1, -0.05) is 24.3 Å². The number of hydrogen-bond acceptors (Lipinski definition) is 3. The molecule has 5 nitrogen and oxygen atoms in total. The maximum absolute atomic E-state index is 12.8. The summed E-state index contributed by atoms with van der Waals surface area (Å²) in [5.41, 5.74) is 2.98. The summed E-state index contributed by atoms with van der Waals surface area (Å²) >= 11 is 0. The average molecular weight is 412 g/mol. The Hall–Kier alpha value is -3.42. The standard InChI is InChI=1S/C22H19F3N4O/c23-22(24,25)19-6-4-15(5-7-19)17-3-2-16-8-11-29(14-18(16)12-17)21(30)28-13-20-26-9-1-10-27-20/h1-7,9-10,12H,8,11,13-14H2,(H,28,30). The Morgan fingerprint density at radius 1 is 1.00 bits per heavy atom. The molecule has 0 saturated heterocycles. The molecule has 2 heterocycles. The van der Waals surface area contributed by atoms with Gasteiger partial charge in [-0.2, -0.15) is 13.2 Å². The molecule has 4 rings (SSSR count). The van der Waals surface area contributed by atoms with E-state index in [0.717, 1.165) is 35.2 Å². The number of carbonyl (C=O) groups excluding carboxylic acids is 1. The third-order valence-electron chi connectivity index (χ3n) is 5.07. The highest BCUT2D eigenvalue weighted by Crippen LogP contribution is 2.32. The van der Waals surface area contributed by atoms with Crippen molar-refractivity contribution < 1.29 is 18.0 Å². The van der Waals surface area contributed by atoms with Crippen molar-refractivity contribution in [3.63, 3.8) is 0 Å².